The molecular formula is C19H23N7O. The Kier molecular flexibility index (Phi) is 3.87. The minimum absolute atomic E-state index is 0.154. The molecule has 2 aromatic rings. The molecular weight excluding hydrogens is 342 g/mol. The fourth-order valence-corrected chi connectivity index (χ4v) is 3.88. The molecule has 140 valence electrons. The first-order valence-electron chi connectivity index (χ1n) is 9.06. The van der Waals surface area contributed by atoms with Crippen LogP contribution in [0.2, 0.25) is 0 Å². The third-order valence-corrected chi connectivity index (χ3v) is 5.44. The summed E-state index contributed by atoms with van der Waals surface area (Å²) in [7, 11) is 1.86. The second-order valence-corrected chi connectivity index (χ2v) is 7.41. The minimum Gasteiger partial charge on any atom is -0.322 e. The van der Waals surface area contributed by atoms with Crippen LogP contribution in [0.25, 0.3) is 0 Å². The Labute approximate surface area is 158 Å². The number of amides is 1. The molecule has 1 aromatic heterocycles. The van der Waals surface area contributed by atoms with E-state index in [2.05, 4.69) is 32.8 Å². The van der Waals surface area contributed by atoms with Crippen molar-refractivity contribution < 1.29 is 4.79 Å². The molecule has 2 aliphatic rings. The molecule has 0 atom stereocenters. The zero-order chi connectivity index (χ0) is 19.3. The first-order valence-corrected chi connectivity index (χ1v) is 9.06. The first kappa shape index (κ1) is 17.4. The third kappa shape index (κ3) is 2.55. The van der Waals surface area contributed by atoms with E-state index in [9.17, 15) is 4.79 Å². The summed E-state index contributed by atoms with van der Waals surface area (Å²) in [6.45, 7) is 8.62. The quantitative estimate of drug-likeness (QED) is 0.903. The number of tetrazole rings is 1. The molecule has 4 rings (SSSR count). The summed E-state index contributed by atoms with van der Waals surface area (Å²) in [6, 6.07) is 5.99. The molecule has 0 bridgehead atoms. The Morgan fingerprint density at radius 1 is 1.33 bits per heavy atom. The third-order valence-electron chi connectivity index (χ3n) is 5.44. The summed E-state index contributed by atoms with van der Waals surface area (Å²) in [4.78, 5) is 19.6. The van der Waals surface area contributed by atoms with E-state index in [0.717, 1.165) is 35.6 Å². The maximum atomic E-state index is 13.2. The molecule has 2 aliphatic heterocycles. The van der Waals surface area contributed by atoms with Gasteiger partial charge in [0.05, 0.1) is 17.7 Å². The lowest BCUT2D eigenvalue weighted by Crippen LogP contribution is -2.44. The number of allylic oxidation sites excluding steroid dienone is 1. The maximum absolute atomic E-state index is 13.2. The van der Waals surface area contributed by atoms with Gasteiger partial charge in [0.2, 0.25) is 5.95 Å². The Bertz CT molecular complexity index is 999. The van der Waals surface area contributed by atoms with Crippen LogP contribution >= 0.6 is 0 Å². The van der Waals surface area contributed by atoms with Gasteiger partial charge in [0, 0.05) is 29.7 Å². The van der Waals surface area contributed by atoms with Crippen molar-refractivity contribution in [1.82, 2.24) is 20.2 Å². The summed E-state index contributed by atoms with van der Waals surface area (Å²) >= 11 is 0. The predicted octanol–water partition coefficient (Wildman–Crippen LogP) is 2.48. The number of hydrogen-bond donors (Lipinski definition) is 1. The van der Waals surface area contributed by atoms with Crippen molar-refractivity contribution in [3.05, 3.63) is 40.6 Å². The van der Waals surface area contributed by atoms with Gasteiger partial charge in [-0.3, -0.25) is 9.79 Å². The predicted molar refractivity (Wildman–Crippen MR) is 104 cm³/mol. The Morgan fingerprint density at radius 3 is 2.85 bits per heavy atom. The van der Waals surface area contributed by atoms with Gasteiger partial charge >= 0.3 is 0 Å². The topological polar surface area (TPSA) is 88.3 Å². The molecule has 1 aromatic carbocycles. The van der Waals surface area contributed by atoms with Crippen LogP contribution in [-0.2, 0) is 16.9 Å². The molecule has 8 heteroatoms. The van der Waals surface area contributed by atoms with E-state index < -0.39 is 5.54 Å². The second-order valence-electron chi connectivity index (χ2n) is 7.41. The number of anilines is 2. The number of benzene rings is 1. The van der Waals surface area contributed by atoms with Crippen LogP contribution < -0.4 is 10.2 Å². The lowest BCUT2D eigenvalue weighted by atomic mass is 9.89. The second kappa shape index (κ2) is 6.00. The van der Waals surface area contributed by atoms with Crippen LogP contribution in [0.1, 0.15) is 45.2 Å². The van der Waals surface area contributed by atoms with Gasteiger partial charge < -0.3 is 10.2 Å². The van der Waals surface area contributed by atoms with Crippen LogP contribution in [0.5, 0.6) is 0 Å². The molecule has 0 saturated heterocycles. The monoisotopic (exact) mass is 365 g/mol. The van der Waals surface area contributed by atoms with E-state index in [-0.39, 0.29) is 5.91 Å². The number of carbonyl (C=O) groups excluding carboxylic acids is 1. The normalized spacial score (nSPS) is 17.5. The fourth-order valence-electron chi connectivity index (χ4n) is 3.88. The van der Waals surface area contributed by atoms with E-state index in [4.69, 9.17) is 0 Å². The Hall–Kier alpha value is -3.03. The molecule has 0 fully saturated rings. The maximum Gasteiger partial charge on any atom is 0.255 e. The molecule has 0 unspecified atom stereocenters. The number of nitrogens with zero attached hydrogens (tertiary/aromatic N) is 6. The first-order chi connectivity index (χ1) is 12.8. The molecule has 27 heavy (non-hydrogen) atoms. The van der Waals surface area contributed by atoms with Gasteiger partial charge in [0.1, 0.15) is 0 Å². The molecule has 0 aliphatic carbocycles. The standard InChI is InChI=1S/C19H23N7O/c1-6-15-14-9-13(8-7-12(14)10-20-15)21-17(27)16-11(2)25(5)18-22-23-24-26(18)19(16,3)4/h7-9H,6,10H2,1-5H3,(H,21,27). The van der Waals surface area contributed by atoms with Gasteiger partial charge in [-0.25, -0.2) is 4.68 Å². The number of fused-ring (bicyclic) bond motifs is 2. The molecule has 0 spiro atoms. The molecule has 0 saturated carbocycles. The van der Waals surface area contributed by atoms with Crippen LogP contribution in [0, 0.1) is 0 Å². The highest BCUT2D eigenvalue weighted by atomic mass is 16.1. The highest BCUT2D eigenvalue weighted by molar-refractivity contribution is 6.08. The van der Waals surface area contributed by atoms with Gasteiger partial charge in [-0.15, -0.1) is 0 Å². The largest absolute Gasteiger partial charge is 0.322 e. The van der Waals surface area contributed by atoms with E-state index in [1.165, 1.54) is 5.56 Å². The van der Waals surface area contributed by atoms with Gasteiger partial charge in [0.25, 0.3) is 5.91 Å². The van der Waals surface area contributed by atoms with Gasteiger partial charge in [-0.05, 0) is 55.3 Å². The van der Waals surface area contributed by atoms with Crippen molar-refractivity contribution in [2.24, 2.45) is 4.99 Å². The smallest absolute Gasteiger partial charge is 0.255 e. The summed E-state index contributed by atoms with van der Waals surface area (Å²) in [6.07, 6.45) is 0.883. The lowest BCUT2D eigenvalue weighted by molar-refractivity contribution is -0.113. The SMILES string of the molecule is CCC1=NCc2ccc(NC(=O)C3=C(C)N(C)c4nnnn4C3(C)C)cc21. The Balaban J connectivity index is 1.68. The average Bonchev–Trinajstić information content (AvgIpc) is 3.27. The molecule has 1 amide bonds. The number of carbonyl (C=O) groups is 1. The van der Waals surface area contributed by atoms with E-state index in [1.54, 1.807) is 4.68 Å². The summed E-state index contributed by atoms with van der Waals surface area (Å²) in [5.41, 5.74) is 4.99. The molecule has 1 N–H and O–H groups in total. The number of rotatable bonds is 3. The summed E-state index contributed by atoms with van der Waals surface area (Å²) in [5, 5.41) is 15.0. The van der Waals surface area contributed by atoms with Crippen molar-refractivity contribution in [3.8, 4) is 0 Å². The summed E-state index contributed by atoms with van der Waals surface area (Å²) < 4.78 is 1.68. The Morgan fingerprint density at radius 2 is 2.11 bits per heavy atom. The average molecular weight is 365 g/mol. The van der Waals surface area contributed by atoms with Crippen LogP contribution in [0.3, 0.4) is 0 Å². The molecule has 8 nitrogen and oxygen atoms in total. The van der Waals surface area contributed by atoms with Crippen LogP contribution in [0.4, 0.5) is 11.6 Å². The number of aliphatic imine (C=N–C) groups is 1. The van der Waals surface area contributed by atoms with Crippen LogP contribution in [-0.4, -0.2) is 38.9 Å². The minimum atomic E-state index is -0.660. The van der Waals surface area contributed by atoms with Gasteiger partial charge in [0.15, 0.2) is 0 Å². The summed E-state index contributed by atoms with van der Waals surface area (Å²) in [5.74, 6) is 0.466. The van der Waals surface area contributed by atoms with E-state index in [1.807, 2.05) is 50.9 Å². The van der Waals surface area contributed by atoms with Crippen molar-refractivity contribution in [2.75, 3.05) is 17.3 Å². The van der Waals surface area contributed by atoms with E-state index >= 15 is 0 Å². The van der Waals surface area contributed by atoms with E-state index in [0.29, 0.717) is 11.5 Å². The zero-order valence-corrected chi connectivity index (χ0v) is 16.2. The van der Waals surface area contributed by atoms with Crippen molar-refractivity contribution in [3.63, 3.8) is 0 Å². The highest BCUT2D eigenvalue weighted by Crippen LogP contribution is 2.37. The lowest BCUT2D eigenvalue weighted by Gasteiger charge is -2.37. The number of nitrogens with one attached hydrogen (secondary N) is 1. The molecule has 3 heterocycles. The highest BCUT2D eigenvalue weighted by Gasteiger charge is 2.41. The fraction of sp³-hybridized carbons (Fsp3) is 0.421. The number of aromatic nitrogens is 4. The van der Waals surface area contributed by atoms with Crippen LogP contribution in [0.15, 0.2) is 34.5 Å². The van der Waals surface area contributed by atoms with Gasteiger partial charge in [-0.1, -0.05) is 18.1 Å². The van der Waals surface area contributed by atoms with Gasteiger partial charge in [-0.2, -0.15) is 0 Å². The van der Waals surface area contributed by atoms with Crippen molar-refractivity contribution in [2.45, 2.75) is 46.2 Å². The van der Waals surface area contributed by atoms with Crippen molar-refractivity contribution >= 4 is 23.3 Å². The zero-order valence-electron chi connectivity index (χ0n) is 16.2. The van der Waals surface area contributed by atoms with Crippen molar-refractivity contribution in [1.29, 1.82) is 0 Å². The molecule has 0 radical (unpaired) electrons. The number of hydrogen-bond acceptors (Lipinski definition) is 6.